The van der Waals surface area contributed by atoms with Gasteiger partial charge in [-0.25, -0.2) is 8.78 Å². The lowest BCUT2D eigenvalue weighted by molar-refractivity contribution is -0.0119. The molecule has 1 aliphatic heterocycles. The first-order valence-corrected chi connectivity index (χ1v) is 15.0. The van der Waals surface area contributed by atoms with E-state index in [1.54, 1.807) is 6.92 Å². The van der Waals surface area contributed by atoms with E-state index in [1.807, 2.05) is 51.5 Å². The number of allylic oxidation sites excluding steroid dienone is 5. The molecule has 42 heavy (non-hydrogen) atoms. The van der Waals surface area contributed by atoms with E-state index in [4.69, 9.17) is 0 Å². The van der Waals surface area contributed by atoms with E-state index in [2.05, 4.69) is 64.5 Å². The van der Waals surface area contributed by atoms with Gasteiger partial charge in [-0.3, -0.25) is 9.88 Å². The van der Waals surface area contributed by atoms with E-state index in [0.717, 1.165) is 51.5 Å². The number of rotatable bonds is 13. The van der Waals surface area contributed by atoms with Crippen molar-refractivity contribution < 1.29 is 8.78 Å². The van der Waals surface area contributed by atoms with Crippen LogP contribution >= 0.6 is 0 Å². The van der Waals surface area contributed by atoms with Gasteiger partial charge in [-0.15, -0.1) is 0 Å². The molecule has 6 heteroatoms. The van der Waals surface area contributed by atoms with Crippen LogP contribution in [0.15, 0.2) is 91.6 Å². The van der Waals surface area contributed by atoms with Gasteiger partial charge >= 0.3 is 0 Å². The average molecular weight is 577 g/mol. The number of likely N-dealkylation sites (tertiary alicyclic amines) is 1. The van der Waals surface area contributed by atoms with Gasteiger partial charge in [0.2, 0.25) is 5.92 Å². The van der Waals surface area contributed by atoms with E-state index in [-0.39, 0.29) is 12.8 Å². The first kappa shape index (κ1) is 34.7. The summed E-state index contributed by atoms with van der Waals surface area (Å²) in [6.07, 6.45) is 14.4. The van der Waals surface area contributed by atoms with Gasteiger partial charge in [0.15, 0.2) is 0 Å². The van der Waals surface area contributed by atoms with Crippen LogP contribution in [0.2, 0.25) is 0 Å². The zero-order valence-electron chi connectivity index (χ0n) is 26.3. The molecule has 0 aliphatic carbocycles. The Morgan fingerprint density at radius 3 is 2.31 bits per heavy atom. The fourth-order valence-electron chi connectivity index (χ4n) is 4.70. The second-order valence-corrected chi connectivity index (χ2v) is 10.9. The molecule has 0 spiro atoms. The first-order chi connectivity index (χ1) is 20.0. The number of hydrogen-bond acceptors (Lipinski definition) is 4. The van der Waals surface area contributed by atoms with E-state index in [9.17, 15) is 8.78 Å². The zero-order valence-corrected chi connectivity index (χ0v) is 26.3. The number of nitrogens with zero attached hydrogens (tertiary/aromatic N) is 2. The first-order valence-electron chi connectivity index (χ1n) is 15.0. The Labute approximate surface area is 253 Å². The van der Waals surface area contributed by atoms with Gasteiger partial charge in [0.1, 0.15) is 0 Å². The van der Waals surface area contributed by atoms with Crippen molar-refractivity contribution in [3.8, 4) is 11.1 Å². The molecule has 1 fully saturated rings. The Bertz CT molecular complexity index is 1250. The van der Waals surface area contributed by atoms with Crippen LogP contribution in [0.3, 0.4) is 0 Å². The molecule has 3 rings (SSSR count). The number of piperidine rings is 1. The third-order valence-electron chi connectivity index (χ3n) is 7.25. The molecule has 1 aromatic heterocycles. The second-order valence-electron chi connectivity index (χ2n) is 10.9. The highest BCUT2D eigenvalue weighted by molar-refractivity contribution is 5.86. The lowest BCUT2D eigenvalue weighted by Gasteiger charge is -2.26. The Kier molecular flexibility index (Phi) is 14.4. The minimum Gasteiger partial charge on any atom is -0.388 e. The summed E-state index contributed by atoms with van der Waals surface area (Å²) in [5.74, 6) is -2.41. The van der Waals surface area contributed by atoms with Gasteiger partial charge in [0.05, 0.1) is 0 Å². The highest BCUT2D eigenvalue weighted by atomic mass is 19.3. The summed E-state index contributed by atoms with van der Waals surface area (Å²) in [6, 6.07) is 8.66. The van der Waals surface area contributed by atoms with E-state index in [0.29, 0.717) is 6.42 Å². The quantitative estimate of drug-likeness (QED) is 0.233. The predicted octanol–water partition coefficient (Wildman–Crippen LogP) is 9.76. The fraction of sp³-hybridized carbons (Fsp3) is 0.417. The van der Waals surface area contributed by atoms with Crippen LogP contribution in [-0.2, 0) is 6.54 Å². The smallest absolute Gasteiger partial charge is 0.247 e. The van der Waals surface area contributed by atoms with Crippen molar-refractivity contribution in [2.75, 3.05) is 25.5 Å². The number of benzene rings is 1. The van der Waals surface area contributed by atoms with Gasteiger partial charge in [0, 0.05) is 67.0 Å². The maximum atomic E-state index is 12.2. The summed E-state index contributed by atoms with van der Waals surface area (Å²) < 4.78 is 24.3. The van der Waals surface area contributed by atoms with Crippen LogP contribution in [0.25, 0.3) is 16.7 Å². The normalized spacial score (nSPS) is 14.2. The minimum absolute atomic E-state index is 0.0269. The van der Waals surface area contributed by atoms with Crippen molar-refractivity contribution in [2.24, 2.45) is 0 Å². The molecule has 1 aromatic carbocycles. The molecule has 0 radical (unpaired) electrons. The number of pyridine rings is 1. The largest absolute Gasteiger partial charge is 0.388 e. The summed E-state index contributed by atoms with van der Waals surface area (Å²) in [4.78, 5) is 7.07. The van der Waals surface area contributed by atoms with Crippen molar-refractivity contribution in [1.29, 1.82) is 0 Å². The number of halogens is 2. The van der Waals surface area contributed by atoms with Crippen LogP contribution in [0.5, 0.6) is 0 Å². The lowest BCUT2D eigenvalue weighted by Crippen LogP contribution is -2.29. The number of alkyl halides is 2. The maximum Gasteiger partial charge on any atom is 0.247 e. The molecule has 0 bridgehead atoms. The summed E-state index contributed by atoms with van der Waals surface area (Å²) in [6.45, 7) is 23.1. The minimum atomic E-state index is -2.41. The van der Waals surface area contributed by atoms with Gasteiger partial charge < -0.3 is 10.6 Å². The molecule has 2 aromatic rings. The molecule has 0 saturated carbocycles. The monoisotopic (exact) mass is 576 g/mol. The zero-order chi connectivity index (χ0) is 31.1. The molecule has 1 aliphatic rings. The molecule has 228 valence electrons. The number of anilines is 1. The summed E-state index contributed by atoms with van der Waals surface area (Å²) in [5, 5.41) is 6.67. The van der Waals surface area contributed by atoms with Gasteiger partial charge in [-0.2, -0.15) is 0 Å². The Morgan fingerprint density at radius 1 is 1.02 bits per heavy atom. The van der Waals surface area contributed by atoms with Crippen molar-refractivity contribution in [3.63, 3.8) is 0 Å². The molecule has 2 heterocycles. The molecule has 0 unspecified atom stereocenters. The molecular formula is C36H50F2N4. The third kappa shape index (κ3) is 11.4. The Morgan fingerprint density at radius 2 is 1.74 bits per heavy atom. The highest BCUT2D eigenvalue weighted by Crippen LogP contribution is 2.32. The molecule has 0 atom stereocenters. The number of aromatic nitrogens is 1. The van der Waals surface area contributed by atoms with E-state index < -0.39 is 5.92 Å². The topological polar surface area (TPSA) is 40.2 Å². The number of nitrogens with one attached hydrogen (secondary N) is 2. The number of hydrogen-bond donors (Lipinski definition) is 2. The molecule has 0 amide bonds. The molecule has 4 nitrogen and oxygen atoms in total. The molecular weight excluding hydrogens is 526 g/mol. The van der Waals surface area contributed by atoms with Crippen LogP contribution in [0, 0.1) is 0 Å². The van der Waals surface area contributed by atoms with Crippen molar-refractivity contribution in [2.45, 2.75) is 78.7 Å². The molecule has 1 saturated heterocycles. The van der Waals surface area contributed by atoms with Crippen LogP contribution in [-0.4, -0.2) is 35.9 Å². The maximum absolute atomic E-state index is 12.2. The van der Waals surface area contributed by atoms with Gasteiger partial charge in [-0.05, 0) is 80.8 Å². The standard InChI is InChI=1S/C30H38N4.C6H12F2/c1-7-28(13-11-22(2)3)33-24(5)23(4)29-18-26(12-14-30(29)31-6)27-17-25(19-32-20-27)21-34-15-9-8-10-16-34;1-3-5-6(7,8)4-2/h7,11-14,17-20,31,33H,2,4-5,8-10,15-16,21H2,1,3,6H3;3-5H2,1-2H3/b13-11-,28-7+;. The highest BCUT2D eigenvalue weighted by Gasteiger charge is 2.23. The van der Waals surface area contributed by atoms with Crippen molar-refractivity contribution >= 4 is 11.3 Å². The summed E-state index contributed by atoms with van der Waals surface area (Å²) >= 11 is 0. The van der Waals surface area contributed by atoms with E-state index >= 15 is 0 Å². The average Bonchev–Trinajstić information content (AvgIpc) is 2.99. The Hall–Kier alpha value is -3.51. The van der Waals surface area contributed by atoms with Gasteiger partial charge in [-0.1, -0.05) is 70.2 Å². The molecule has 2 N–H and O–H groups in total. The second kappa shape index (κ2) is 17.4. The SMILES string of the molecule is C=C(C)/C=C\C(=C/C)NC(=C)C(=C)c1cc(-c2cncc(CN3CCCCC3)c2)ccc1NC.CCCC(F)(F)CC. The Balaban J connectivity index is 0.000000675. The van der Waals surface area contributed by atoms with Gasteiger partial charge in [0.25, 0.3) is 0 Å². The van der Waals surface area contributed by atoms with Crippen LogP contribution in [0.1, 0.15) is 77.3 Å². The van der Waals surface area contributed by atoms with E-state index in [1.165, 1.54) is 44.8 Å². The van der Waals surface area contributed by atoms with Crippen molar-refractivity contribution in [3.05, 3.63) is 103 Å². The fourth-order valence-corrected chi connectivity index (χ4v) is 4.70. The van der Waals surface area contributed by atoms with Crippen LogP contribution in [0.4, 0.5) is 14.5 Å². The van der Waals surface area contributed by atoms with Crippen molar-refractivity contribution in [1.82, 2.24) is 15.2 Å². The lowest BCUT2D eigenvalue weighted by atomic mass is 9.96. The van der Waals surface area contributed by atoms with Crippen LogP contribution < -0.4 is 10.6 Å². The summed E-state index contributed by atoms with van der Waals surface area (Å²) in [7, 11) is 1.93. The predicted molar refractivity (Wildman–Crippen MR) is 178 cm³/mol. The summed E-state index contributed by atoms with van der Waals surface area (Å²) in [5.41, 5.74) is 9.04. The third-order valence-corrected chi connectivity index (χ3v) is 7.25.